The van der Waals surface area contributed by atoms with E-state index in [0.717, 1.165) is 6.21 Å². The predicted molar refractivity (Wildman–Crippen MR) is 104 cm³/mol. The highest BCUT2D eigenvalue weighted by atomic mass is 32.2. The van der Waals surface area contributed by atoms with Gasteiger partial charge in [-0.25, -0.2) is 15.0 Å². The third-order valence-electron chi connectivity index (χ3n) is 3.16. The number of rotatable bonds is 7. The number of nitrogens with zero attached hydrogens (tertiary/aromatic N) is 1. The summed E-state index contributed by atoms with van der Waals surface area (Å²) in [5.41, 5.74) is 0.762. The monoisotopic (exact) mass is 399 g/mol. The van der Waals surface area contributed by atoms with E-state index in [1.807, 2.05) is 6.26 Å². The van der Waals surface area contributed by atoms with Gasteiger partial charge in [0.05, 0.1) is 11.8 Å². The average molecular weight is 399 g/mol. The number of carbonyl (C=O) groups excluding carboxylic acids is 2. The Bertz CT molecular complexity index is 809. The fraction of sp³-hybridized carbons (Fsp3) is 0.562. The fourth-order valence-electron chi connectivity index (χ4n) is 1.96. The van der Waals surface area contributed by atoms with Gasteiger partial charge in [-0.1, -0.05) is 0 Å². The van der Waals surface area contributed by atoms with E-state index in [1.54, 1.807) is 20.8 Å². The molecule has 11 heteroatoms. The van der Waals surface area contributed by atoms with Gasteiger partial charge in [0.1, 0.15) is 11.6 Å². The van der Waals surface area contributed by atoms with Crippen LogP contribution in [0.2, 0.25) is 0 Å². The van der Waals surface area contributed by atoms with Crippen molar-refractivity contribution < 1.29 is 14.3 Å². The minimum Gasteiger partial charge on any atom is -0.444 e. The van der Waals surface area contributed by atoms with Crippen LogP contribution < -0.4 is 22.0 Å². The summed E-state index contributed by atoms with van der Waals surface area (Å²) in [7, 11) is 0. The summed E-state index contributed by atoms with van der Waals surface area (Å²) >= 11 is 1.52. The molecule has 1 heterocycles. The van der Waals surface area contributed by atoms with Crippen molar-refractivity contribution in [2.24, 2.45) is 5.10 Å². The first-order valence-electron chi connectivity index (χ1n) is 8.18. The van der Waals surface area contributed by atoms with Crippen LogP contribution in [0.4, 0.5) is 4.79 Å². The Hall–Kier alpha value is -2.56. The van der Waals surface area contributed by atoms with Crippen LogP contribution in [-0.2, 0) is 9.53 Å². The van der Waals surface area contributed by atoms with Gasteiger partial charge in [0, 0.05) is 5.69 Å². The van der Waals surface area contributed by atoms with Crippen molar-refractivity contribution in [3.8, 4) is 0 Å². The number of hydrogen-bond acceptors (Lipinski definition) is 7. The fourth-order valence-corrected chi connectivity index (χ4v) is 2.43. The van der Waals surface area contributed by atoms with E-state index in [0.29, 0.717) is 17.9 Å². The van der Waals surface area contributed by atoms with Crippen molar-refractivity contribution in [2.75, 3.05) is 12.0 Å². The Morgan fingerprint density at radius 1 is 1.30 bits per heavy atom. The van der Waals surface area contributed by atoms with Gasteiger partial charge in [0.15, 0.2) is 0 Å². The van der Waals surface area contributed by atoms with Crippen LogP contribution in [0.25, 0.3) is 0 Å². The number of ether oxygens (including phenoxy) is 1. The molecular formula is C16H25N5O5S. The molecule has 0 radical (unpaired) electrons. The average Bonchev–Trinajstić information content (AvgIpc) is 2.51. The Balaban J connectivity index is 2.80. The lowest BCUT2D eigenvalue weighted by Crippen LogP contribution is -2.47. The van der Waals surface area contributed by atoms with Crippen LogP contribution in [0.3, 0.4) is 0 Å². The number of hydrogen-bond donors (Lipinski definition) is 4. The number of aromatic amines is 2. The Kier molecular flexibility index (Phi) is 8.29. The van der Waals surface area contributed by atoms with Crippen LogP contribution >= 0.6 is 11.8 Å². The third-order valence-corrected chi connectivity index (χ3v) is 3.81. The van der Waals surface area contributed by atoms with Gasteiger partial charge in [-0.15, -0.1) is 0 Å². The SMILES string of the molecule is CSCC[C@@H](NC(=O)OC(C)(C)C)C(=O)N/N=C\c1c(C)[nH]c(=O)[nH]c1=O. The van der Waals surface area contributed by atoms with E-state index in [4.69, 9.17) is 4.74 Å². The summed E-state index contributed by atoms with van der Waals surface area (Å²) in [6.07, 6.45) is 2.67. The molecule has 0 aliphatic carbocycles. The Morgan fingerprint density at radius 2 is 1.96 bits per heavy atom. The lowest BCUT2D eigenvalue weighted by atomic mass is 10.2. The second kappa shape index (κ2) is 9.95. The highest BCUT2D eigenvalue weighted by molar-refractivity contribution is 7.98. The number of aromatic nitrogens is 2. The predicted octanol–water partition coefficient (Wildman–Crippen LogP) is 0.468. The number of alkyl carbamates (subject to hydrolysis) is 1. The second-order valence-electron chi connectivity index (χ2n) is 6.66. The third kappa shape index (κ3) is 8.11. The molecular weight excluding hydrogens is 374 g/mol. The van der Waals surface area contributed by atoms with Gasteiger partial charge < -0.3 is 15.0 Å². The molecule has 0 aromatic carbocycles. The summed E-state index contributed by atoms with van der Waals surface area (Å²) < 4.78 is 5.16. The van der Waals surface area contributed by atoms with Gasteiger partial charge in [-0.2, -0.15) is 16.9 Å². The molecule has 150 valence electrons. The highest BCUT2D eigenvalue weighted by Gasteiger charge is 2.23. The molecule has 1 atom stereocenters. The molecule has 0 aliphatic heterocycles. The van der Waals surface area contributed by atoms with E-state index < -0.39 is 34.9 Å². The van der Waals surface area contributed by atoms with Gasteiger partial charge in [-0.3, -0.25) is 14.6 Å². The van der Waals surface area contributed by atoms with E-state index in [-0.39, 0.29) is 5.56 Å². The van der Waals surface area contributed by atoms with E-state index in [2.05, 4.69) is 25.8 Å². The van der Waals surface area contributed by atoms with Crippen molar-refractivity contribution in [2.45, 2.75) is 45.8 Å². The van der Waals surface area contributed by atoms with E-state index in [9.17, 15) is 19.2 Å². The smallest absolute Gasteiger partial charge is 0.408 e. The molecule has 0 aliphatic rings. The molecule has 0 spiro atoms. The van der Waals surface area contributed by atoms with Crippen LogP contribution in [-0.4, -0.2) is 51.8 Å². The number of thioether (sulfide) groups is 1. The molecule has 10 nitrogen and oxygen atoms in total. The first-order valence-corrected chi connectivity index (χ1v) is 9.57. The first-order chi connectivity index (χ1) is 12.5. The number of hydrazone groups is 1. The van der Waals surface area contributed by atoms with Crippen molar-refractivity contribution in [1.29, 1.82) is 0 Å². The van der Waals surface area contributed by atoms with Crippen LogP contribution in [0, 0.1) is 6.92 Å². The lowest BCUT2D eigenvalue weighted by molar-refractivity contribution is -0.123. The molecule has 0 saturated carbocycles. The largest absolute Gasteiger partial charge is 0.444 e. The second-order valence-corrected chi connectivity index (χ2v) is 7.65. The maximum atomic E-state index is 12.3. The zero-order valence-corrected chi connectivity index (χ0v) is 16.8. The maximum absolute atomic E-state index is 12.3. The minimum atomic E-state index is -0.848. The van der Waals surface area contributed by atoms with E-state index >= 15 is 0 Å². The van der Waals surface area contributed by atoms with Crippen molar-refractivity contribution in [3.63, 3.8) is 0 Å². The van der Waals surface area contributed by atoms with Crippen LogP contribution in [0.1, 0.15) is 38.4 Å². The summed E-state index contributed by atoms with van der Waals surface area (Å²) in [4.78, 5) is 51.6. The number of carbonyl (C=O) groups is 2. The first kappa shape index (κ1) is 22.5. The quantitative estimate of drug-likeness (QED) is 0.387. The molecule has 1 rings (SSSR count). The molecule has 1 aromatic rings. The minimum absolute atomic E-state index is 0.107. The van der Waals surface area contributed by atoms with Crippen molar-refractivity contribution in [3.05, 3.63) is 32.1 Å². The molecule has 0 bridgehead atoms. The van der Waals surface area contributed by atoms with Crippen LogP contribution in [0.5, 0.6) is 0 Å². The molecule has 0 saturated heterocycles. The van der Waals surface area contributed by atoms with Crippen LogP contribution in [0.15, 0.2) is 14.7 Å². The molecule has 1 aromatic heterocycles. The van der Waals surface area contributed by atoms with Crippen molar-refractivity contribution in [1.82, 2.24) is 20.7 Å². The summed E-state index contributed by atoms with van der Waals surface area (Å²) in [6.45, 7) is 6.69. The summed E-state index contributed by atoms with van der Waals surface area (Å²) in [5.74, 6) is 0.0840. The Labute approximate surface area is 160 Å². The number of nitrogens with one attached hydrogen (secondary N) is 4. The topological polar surface area (TPSA) is 146 Å². The van der Waals surface area contributed by atoms with Gasteiger partial charge in [-0.05, 0) is 46.1 Å². The zero-order valence-electron chi connectivity index (χ0n) is 16.0. The summed E-state index contributed by atoms with van der Waals surface area (Å²) in [5, 5.41) is 6.25. The van der Waals surface area contributed by atoms with Gasteiger partial charge >= 0.3 is 11.8 Å². The molecule has 0 fully saturated rings. The molecule has 0 unspecified atom stereocenters. The lowest BCUT2D eigenvalue weighted by Gasteiger charge is -2.22. The molecule has 27 heavy (non-hydrogen) atoms. The zero-order chi connectivity index (χ0) is 20.6. The number of amides is 2. The normalized spacial score (nSPS) is 12.6. The van der Waals surface area contributed by atoms with E-state index in [1.165, 1.54) is 18.7 Å². The maximum Gasteiger partial charge on any atom is 0.408 e. The molecule has 2 amide bonds. The summed E-state index contributed by atoms with van der Waals surface area (Å²) in [6, 6.07) is -0.848. The number of aryl methyl sites for hydroxylation is 1. The molecule has 4 N–H and O–H groups in total. The Morgan fingerprint density at radius 3 is 2.52 bits per heavy atom. The standard InChI is InChI=1S/C16H25N5O5S/c1-9-10(12(22)20-14(24)18-9)8-17-21-13(23)11(6-7-27-5)19-15(25)26-16(2,3)4/h8,11H,6-7H2,1-5H3,(H,19,25)(H,21,23)(H2,18,20,22,24)/b17-8-/t11-/m1/s1. The van der Waals surface area contributed by atoms with Gasteiger partial charge in [0.2, 0.25) is 0 Å². The van der Waals surface area contributed by atoms with Crippen molar-refractivity contribution >= 4 is 30.0 Å². The number of H-pyrrole nitrogens is 2. The van der Waals surface area contributed by atoms with Gasteiger partial charge in [0.25, 0.3) is 11.5 Å². The highest BCUT2D eigenvalue weighted by Crippen LogP contribution is 2.08.